The SMILES string of the molecule is CC1(OCc2ccccc2)CCC=CO1. The second kappa shape index (κ2) is 4.49. The Morgan fingerprint density at radius 1 is 1.33 bits per heavy atom. The van der Waals surface area contributed by atoms with E-state index in [1.54, 1.807) is 6.26 Å². The van der Waals surface area contributed by atoms with E-state index in [2.05, 4.69) is 12.1 Å². The molecule has 0 N–H and O–H groups in total. The lowest BCUT2D eigenvalue weighted by molar-refractivity contribution is -0.210. The van der Waals surface area contributed by atoms with Gasteiger partial charge in [-0.1, -0.05) is 30.3 Å². The molecule has 80 valence electrons. The van der Waals surface area contributed by atoms with Crippen molar-refractivity contribution >= 4 is 0 Å². The highest BCUT2D eigenvalue weighted by atomic mass is 16.7. The summed E-state index contributed by atoms with van der Waals surface area (Å²) in [5.74, 6) is -0.454. The largest absolute Gasteiger partial charge is 0.471 e. The average molecular weight is 204 g/mol. The van der Waals surface area contributed by atoms with E-state index in [1.165, 1.54) is 5.56 Å². The maximum Gasteiger partial charge on any atom is 0.207 e. The fourth-order valence-electron chi connectivity index (χ4n) is 1.58. The molecule has 0 spiro atoms. The summed E-state index contributed by atoms with van der Waals surface area (Å²) in [5.41, 5.74) is 1.18. The minimum atomic E-state index is -0.454. The van der Waals surface area contributed by atoms with Gasteiger partial charge in [0.05, 0.1) is 12.9 Å². The van der Waals surface area contributed by atoms with Crippen LogP contribution in [-0.4, -0.2) is 5.79 Å². The Kier molecular flexibility index (Phi) is 3.07. The molecule has 0 saturated heterocycles. The Morgan fingerprint density at radius 3 is 2.80 bits per heavy atom. The molecule has 0 aliphatic carbocycles. The molecule has 1 aliphatic heterocycles. The summed E-state index contributed by atoms with van der Waals surface area (Å²) in [6.45, 7) is 2.59. The molecule has 1 aromatic rings. The van der Waals surface area contributed by atoms with Crippen molar-refractivity contribution < 1.29 is 9.47 Å². The first-order valence-corrected chi connectivity index (χ1v) is 5.29. The second-order valence-electron chi connectivity index (χ2n) is 3.94. The van der Waals surface area contributed by atoms with Gasteiger partial charge in [-0.15, -0.1) is 0 Å². The lowest BCUT2D eigenvalue weighted by atomic mass is 10.1. The Hall–Kier alpha value is -1.28. The van der Waals surface area contributed by atoms with Gasteiger partial charge in [-0.05, 0) is 18.1 Å². The zero-order valence-corrected chi connectivity index (χ0v) is 8.98. The number of ether oxygens (including phenoxy) is 2. The molecule has 0 amide bonds. The molecule has 1 atom stereocenters. The van der Waals surface area contributed by atoms with E-state index in [0.29, 0.717) is 6.61 Å². The number of benzene rings is 1. The molecule has 1 heterocycles. The molecule has 1 aromatic carbocycles. The predicted molar refractivity (Wildman–Crippen MR) is 59.1 cm³/mol. The maximum atomic E-state index is 5.78. The van der Waals surface area contributed by atoms with Crippen LogP contribution >= 0.6 is 0 Å². The summed E-state index contributed by atoms with van der Waals surface area (Å²) in [7, 11) is 0. The quantitative estimate of drug-likeness (QED) is 0.752. The first kappa shape index (κ1) is 10.2. The van der Waals surface area contributed by atoms with Crippen molar-refractivity contribution in [3.8, 4) is 0 Å². The van der Waals surface area contributed by atoms with Gasteiger partial charge in [0.2, 0.25) is 5.79 Å². The van der Waals surface area contributed by atoms with E-state index in [1.807, 2.05) is 31.2 Å². The fourth-order valence-corrected chi connectivity index (χ4v) is 1.58. The summed E-state index contributed by atoms with van der Waals surface area (Å²) in [4.78, 5) is 0. The lowest BCUT2D eigenvalue weighted by Crippen LogP contribution is -2.31. The zero-order valence-electron chi connectivity index (χ0n) is 8.98. The first-order valence-electron chi connectivity index (χ1n) is 5.29. The summed E-state index contributed by atoms with van der Waals surface area (Å²) >= 11 is 0. The van der Waals surface area contributed by atoms with Gasteiger partial charge >= 0.3 is 0 Å². The van der Waals surface area contributed by atoms with Gasteiger partial charge in [-0.3, -0.25) is 0 Å². The summed E-state index contributed by atoms with van der Waals surface area (Å²) in [5, 5.41) is 0. The molecule has 2 nitrogen and oxygen atoms in total. The minimum Gasteiger partial charge on any atom is -0.471 e. The van der Waals surface area contributed by atoms with Gasteiger partial charge in [0.25, 0.3) is 0 Å². The van der Waals surface area contributed by atoms with Crippen molar-refractivity contribution in [3.05, 3.63) is 48.2 Å². The third-order valence-electron chi connectivity index (χ3n) is 2.57. The molecule has 0 aromatic heterocycles. The van der Waals surface area contributed by atoms with E-state index in [0.717, 1.165) is 12.8 Å². The summed E-state index contributed by atoms with van der Waals surface area (Å²) in [6, 6.07) is 10.2. The Morgan fingerprint density at radius 2 is 2.13 bits per heavy atom. The van der Waals surface area contributed by atoms with Crippen molar-refractivity contribution in [3.63, 3.8) is 0 Å². The highest BCUT2D eigenvalue weighted by Crippen LogP contribution is 2.25. The second-order valence-corrected chi connectivity index (χ2v) is 3.94. The molecule has 2 heteroatoms. The fraction of sp³-hybridized carbons (Fsp3) is 0.385. The lowest BCUT2D eigenvalue weighted by Gasteiger charge is -2.31. The van der Waals surface area contributed by atoms with Crippen molar-refractivity contribution in [2.24, 2.45) is 0 Å². The summed E-state index contributed by atoms with van der Waals surface area (Å²) in [6.07, 6.45) is 5.68. The van der Waals surface area contributed by atoms with Crippen molar-refractivity contribution in [2.45, 2.75) is 32.2 Å². The van der Waals surface area contributed by atoms with Crippen molar-refractivity contribution in [2.75, 3.05) is 0 Å². The van der Waals surface area contributed by atoms with Crippen LogP contribution in [0.5, 0.6) is 0 Å². The topological polar surface area (TPSA) is 18.5 Å². The molecular formula is C13H16O2. The third-order valence-corrected chi connectivity index (χ3v) is 2.57. The predicted octanol–water partition coefficient (Wildman–Crippen LogP) is 3.24. The van der Waals surface area contributed by atoms with Crippen LogP contribution in [0.4, 0.5) is 0 Å². The van der Waals surface area contributed by atoms with E-state index in [-0.39, 0.29) is 0 Å². The van der Waals surface area contributed by atoms with Crippen LogP contribution in [0.1, 0.15) is 25.3 Å². The van der Waals surface area contributed by atoms with Gasteiger partial charge in [-0.2, -0.15) is 0 Å². The van der Waals surface area contributed by atoms with Gasteiger partial charge in [0, 0.05) is 13.3 Å². The summed E-state index contributed by atoms with van der Waals surface area (Å²) < 4.78 is 11.3. The molecule has 0 radical (unpaired) electrons. The molecule has 15 heavy (non-hydrogen) atoms. The number of hydrogen-bond donors (Lipinski definition) is 0. The van der Waals surface area contributed by atoms with Crippen molar-refractivity contribution in [1.82, 2.24) is 0 Å². The molecule has 0 saturated carbocycles. The van der Waals surface area contributed by atoms with Crippen molar-refractivity contribution in [1.29, 1.82) is 0 Å². The number of hydrogen-bond acceptors (Lipinski definition) is 2. The Balaban J connectivity index is 1.90. The van der Waals surface area contributed by atoms with E-state index >= 15 is 0 Å². The van der Waals surface area contributed by atoms with Gasteiger partial charge in [-0.25, -0.2) is 0 Å². The number of allylic oxidation sites excluding steroid dienone is 1. The molecule has 0 fully saturated rings. The number of rotatable bonds is 3. The third kappa shape index (κ3) is 2.83. The molecule has 2 rings (SSSR count). The van der Waals surface area contributed by atoms with Crippen LogP contribution in [0.15, 0.2) is 42.7 Å². The monoisotopic (exact) mass is 204 g/mol. The molecule has 1 aliphatic rings. The maximum absolute atomic E-state index is 5.78. The normalized spacial score (nSPS) is 24.9. The van der Waals surface area contributed by atoms with Crippen LogP contribution in [0, 0.1) is 0 Å². The van der Waals surface area contributed by atoms with Gasteiger partial charge in [0.1, 0.15) is 0 Å². The Bertz CT molecular complexity index is 332. The minimum absolute atomic E-state index is 0.454. The zero-order chi connectivity index (χ0) is 10.6. The highest BCUT2D eigenvalue weighted by Gasteiger charge is 2.26. The molecular weight excluding hydrogens is 188 g/mol. The van der Waals surface area contributed by atoms with E-state index in [4.69, 9.17) is 9.47 Å². The van der Waals surface area contributed by atoms with Crippen LogP contribution in [0.3, 0.4) is 0 Å². The average Bonchev–Trinajstić information content (AvgIpc) is 2.29. The molecule has 1 unspecified atom stereocenters. The van der Waals surface area contributed by atoms with Crippen LogP contribution < -0.4 is 0 Å². The van der Waals surface area contributed by atoms with E-state index < -0.39 is 5.79 Å². The van der Waals surface area contributed by atoms with Crippen LogP contribution in [0.2, 0.25) is 0 Å². The van der Waals surface area contributed by atoms with Crippen LogP contribution in [0.25, 0.3) is 0 Å². The Labute approximate surface area is 90.5 Å². The van der Waals surface area contributed by atoms with Gasteiger partial charge < -0.3 is 9.47 Å². The highest BCUT2D eigenvalue weighted by molar-refractivity contribution is 5.13. The first-order chi connectivity index (χ1) is 7.29. The smallest absolute Gasteiger partial charge is 0.207 e. The molecule has 0 bridgehead atoms. The van der Waals surface area contributed by atoms with Gasteiger partial charge in [0.15, 0.2) is 0 Å². The van der Waals surface area contributed by atoms with Crippen LogP contribution in [-0.2, 0) is 16.1 Å². The standard InChI is InChI=1S/C13H16O2/c1-13(9-5-6-10-14-13)15-11-12-7-3-2-4-8-12/h2-4,6-8,10H,5,9,11H2,1H3. The van der Waals surface area contributed by atoms with E-state index in [9.17, 15) is 0 Å².